The van der Waals surface area contributed by atoms with E-state index in [1.807, 2.05) is 12.1 Å². The van der Waals surface area contributed by atoms with Gasteiger partial charge in [0, 0.05) is 17.1 Å². The van der Waals surface area contributed by atoms with Crippen LogP contribution in [-0.2, 0) is 5.54 Å². The molecule has 3 nitrogen and oxygen atoms in total. The minimum absolute atomic E-state index is 0.0628. The van der Waals surface area contributed by atoms with Gasteiger partial charge >= 0.3 is 0 Å². The Hall–Kier alpha value is -1.06. The number of hydrogen-bond acceptors (Lipinski definition) is 3. The van der Waals surface area contributed by atoms with Gasteiger partial charge in [0.25, 0.3) is 0 Å². The Morgan fingerprint density at radius 1 is 1.18 bits per heavy atom. The molecule has 3 rings (SSSR count). The third kappa shape index (κ3) is 2.17. The molecule has 0 bridgehead atoms. The van der Waals surface area contributed by atoms with Gasteiger partial charge in [0.15, 0.2) is 0 Å². The van der Waals surface area contributed by atoms with Crippen LogP contribution in [0.1, 0.15) is 31.2 Å². The van der Waals surface area contributed by atoms with Gasteiger partial charge in [-0.25, -0.2) is 0 Å². The number of nitrogens with one attached hydrogen (secondary N) is 2. The molecule has 92 valence electrons. The standard InChI is InChI=1S/C14H20N2O/c17-13-4-2-1-3-12(13)14(7-8-14)16-11-5-9-15-10-6-11/h1-4,11,15-17H,5-10H2. The van der Waals surface area contributed by atoms with Gasteiger partial charge in [-0.2, -0.15) is 0 Å². The molecule has 0 aromatic heterocycles. The lowest BCUT2D eigenvalue weighted by Gasteiger charge is -2.29. The number of aromatic hydroxyl groups is 1. The van der Waals surface area contributed by atoms with Gasteiger partial charge in [0.2, 0.25) is 0 Å². The third-order valence-corrected chi connectivity index (χ3v) is 3.99. The summed E-state index contributed by atoms with van der Waals surface area (Å²) in [6, 6.07) is 8.34. The Morgan fingerprint density at radius 3 is 2.53 bits per heavy atom. The highest BCUT2D eigenvalue weighted by Crippen LogP contribution is 2.49. The monoisotopic (exact) mass is 232 g/mol. The van der Waals surface area contributed by atoms with Crippen molar-refractivity contribution in [2.45, 2.75) is 37.3 Å². The van der Waals surface area contributed by atoms with E-state index in [0.29, 0.717) is 11.8 Å². The van der Waals surface area contributed by atoms with Crippen LogP contribution in [-0.4, -0.2) is 24.2 Å². The van der Waals surface area contributed by atoms with E-state index >= 15 is 0 Å². The van der Waals surface area contributed by atoms with Crippen LogP contribution in [0.4, 0.5) is 0 Å². The van der Waals surface area contributed by atoms with E-state index in [2.05, 4.69) is 16.7 Å². The Bertz CT molecular complexity index is 395. The van der Waals surface area contributed by atoms with E-state index in [9.17, 15) is 5.11 Å². The molecular weight excluding hydrogens is 212 g/mol. The Kier molecular flexibility index (Phi) is 2.81. The van der Waals surface area contributed by atoms with Crippen molar-refractivity contribution in [2.75, 3.05) is 13.1 Å². The predicted molar refractivity (Wildman–Crippen MR) is 68.0 cm³/mol. The van der Waals surface area contributed by atoms with Gasteiger partial charge in [-0.05, 0) is 44.8 Å². The molecule has 0 atom stereocenters. The Balaban J connectivity index is 1.75. The molecule has 1 aromatic rings. The average Bonchev–Trinajstić information content (AvgIpc) is 3.12. The lowest BCUT2D eigenvalue weighted by molar-refractivity contribution is 0.333. The SMILES string of the molecule is Oc1ccccc1C1(NC2CCNCC2)CC1. The maximum absolute atomic E-state index is 9.96. The topological polar surface area (TPSA) is 44.3 Å². The molecule has 0 spiro atoms. The molecule has 2 aliphatic rings. The van der Waals surface area contributed by atoms with Crippen molar-refractivity contribution in [2.24, 2.45) is 0 Å². The van der Waals surface area contributed by atoms with Crippen molar-refractivity contribution in [1.29, 1.82) is 0 Å². The molecule has 1 aliphatic carbocycles. The summed E-state index contributed by atoms with van der Waals surface area (Å²) in [6.45, 7) is 2.21. The predicted octanol–water partition coefficient (Wildman–Crippen LogP) is 1.72. The minimum Gasteiger partial charge on any atom is -0.508 e. The zero-order valence-corrected chi connectivity index (χ0v) is 10.1. The quantitative estimate of drug-likeness (QED) is 0.743. The number of piperidine rings is 1. The molecule has 2 fully saturated rings. The summed E-state index contributed by atoms with van der Waals surface area (Å²) in [6.07, 6.45) is 4.67. The van der Waals surface area contributed by atoms with Crippen molar-refractivity contribution in [3.8, 4) is 5.75 Å². The normalized spacial score (nSPS) is 23.5. The molecule has 0 radical (unpaired) electrons. The summed E-state index contributed by atoms with van der Waals surface area (Å²) < 4.78 is 0. The van der Waals surface area contributed by atoms with Crippen LogP contribution in [0.25, 0.3) is 0 Å². The van der Waals surface area contributed by atoms with E-state index in [4.69, 9.17) is 0 Å². The first-order valence-corrected chi connectivity index (χ1v) is 6.57. The van der Waals surface area contributed by atoms with E-state index < -0.39 is 0 Å². The highest BCUT2D eigenvalue weighted by Gasteiger charge is 2.46. The molecule has 0 amide bonds. The molecule has 1 aromatic carbocycles. The van der Waals surface area contributed by atoms with Gasteiger partial charge in [0.1, 0.15) is 5.75 Å². The molecule has 1 saturated carbocycles. The summed E-state index contributed by atoms with van der Waals surface area (Å²) in [4.78, 5) is 0. The van der Waals surface area contributed by atoms with Crippen LogP contribution in [0.3, 0.4) is 0 Å². The maximum atomic E-state index is 9.96. The first-order chi connectivity index (χ1) is 8.30. The largest absolute Gasteiger partial charge is 0.508 e. The van der Waals surface area contributed by atoms with Crippen LogP contribution < -0.4 is 10.6 Å². The minimum atomic E-state index is 0.0628. The zero-order chi connectivity index (χ0) is 11.7. The Morgan fingerprint density at radius 2 is 1.88 bits per heavy atom. The van der Waals surface area contributed by atoms with E-state index in [0.717, 1.165) is 31.5 Å². The van der Waals surface area contributed by atoms with Gasteiger partial charge < -0.3 is 15.7 Å². The van der Waals surface area contributed by atoms with E-state index in [-0.39, 0.29) is 5.54 Å². The van der Waals surface area contributed by atoms with Crippen LogP contribution in [0.15, 0.2) is 24.3 Å². The van der Waals surface area contributed by atoms with Crippen LogP contribution in [0, 0.1) is 0 Å². The van der Waals surface area contributed by atoms with Crippen molar-refractivity contribution in [1.82, 2.24) is 10.6 Å². The molecule has 17 heavy (non-hydrogen) atoms. The van der Waals surface area contributed by atoms with Crippen molar-refractivity contribution < 1.29 is 5.11 Å². The van der Waals surface area contributed by atoms with Crippen molar-refractivity contribution in [3.63, 3.8) is 0 Å². The Labute approximate surface area is 102 Å². The summed E-state index contributed by atoms with van der Waals surface area (Å²) >= 11 is 0. The lowest BCUT2D eigenvalue weighted by atomic mass is 9.99. The average molecular weight is 232 g/mol. The fraction of sp³-hybridized carbons (Fsp3) is 0.571. The van der Waals surface area contributed by atoms with Gasteiger partial charge in [-0.1, -0.05) is 18.2 Å². The molecule has 0 unspecified atom stereocenters. The fourth-order valence-electron chi connectivity index (χ4n) is 2.85. The van der Waals surface area contributed by atoms with Gasteiger partial charge in [-0.3, -0.25) is 0 Å². The van der Waals surface area contributed by atoms with Crippen molar-refractivity contribution >= 4 is 0 Å². The van der Waals surface area contributed by atoms with E-state index in [1.165, 1.54) is 12.8 Å². The molecule has 1 saturated heterocycles. The van der Waals surface area contributed by atoms with Gasteiger partial charge in [-0.15, -0.1) is 0 Å². The first-order valence-electron chi connectivity index (χ1n) is 6.57. The number of benzene rings is 1. The van der Waals surface area contributed by atoms with Crippen LogP contribution >= 0.6 is 0 Å². The second-order valence-electron chi connectivity index (χ2n) is 5.27. The zero-order valence-electron chi connectivity index (χ0n) is 10.1. The summed E-state index contributed by atoms with van der Waals surface area (Å²) in [5, 5.41) is 17.1. The maximum Gasteiger partial charge on any atom is 0.120 e. The number of phenolic OH excluding ortho intramolecular Hbond substituents is 1. The van der Waals surface area contributed by atoms with E-state index in [1.54, 1.807) is 6.07 Å². The van der Waals surface area contributed by atoms with Crippen LogP contribution in [0.2, 0.25) is 0 Å². The number of hydrogen-bond donors (Lipinski definition) is 3. The highest BCUT2D eigenvalue weighted by atomic mass is 16.3. The fourth-order valence-corrected chi connectivity index (χ4v) is 2.85. The van der Waals surface area contributed by atoms with Crippen molar-refractivity contribution in [3.05, 3.63) is 29.8 Å². The summed E-state index contributed by atoms with van der Waals surface area (Å²) in [7, 11) is 0. The lowest BCUT2D eigenvalue weighted by Crippen LogP contribution is -2.44. The molecule has 1 heterocycles. The molecule has 3 N–H and O–H groups in total. The molecular formula is C14H20N2O. The first kappa shape index (κ1) is 11.1. The number of rotatable bonds is 3. The second-order valence-corrected chi connectivity index (χ2v) is 5.27. The third-order valence-electron chi connectivity index (χ3n) is 3.99. The molecule has 1 aliphatic heterocycles. The second kappa shape index (κ2) is 4.31. The number of para-hydroxylation sites is 1. The molecule has 3 heteroatoms. The van der Waals surface area contributed by atoms with Crippen LogP contribution in [0.5, 0.6) is 5.75 Å². The highest BCUT2D eigenvalue weighted by molar-refractivity contribution is 5.41. The van der Waals surface area contributed by atoms with Gasteiger partial charge in [0.05, 0.1) is 0 Å². The smallest absolute Gasteiger partial charge is 0.120 e. The summed E-state index contributed by atoms with van der Waals surface area (Å²) in [5.41, 5.74) is 1.14. The number of phenols is 1. The summed E-state index contributed by atoms with van der Waals surface area (Å²) in [5.74, 6) is 0.437.